The molecule has 0 aromatic heterocycles. The van der Waals surface area contributed by atoms with Crippen LogP contribution in [0.15, 0.2) is 0 Å². The van der Waals surface area contributed by atoms with Crippen LogP contribution in [0.25, 0.3) is 0 Å². The third-order valence-corrected chi connectivity index (χ3v) is 0. The quantitative estimate of drug-likeness (QED) is 0.252. The van der Waals surface area contributed by atoms with Gasteiger partial charge in [-0.3, -0.25) is 0 Å². The van der Waals surface area contributed by atoms with Crippen LogP contribution in [0.5, 0.6) is 0 Å². The molecule has 3 heteroatoms. The molecule has 0 heterocycles. The molecule has 0 aliphatic rings. The Morgan fingerprint density at radius 2 is 1.25 bits per heavy atom. The van der Waals surface area contributed by atoms with Gasteiger partial charge in [0.05, 0.1) is 0 Å². The zero-order valence-electron chi connectivity index (χ0n) is 2.26. The third-order valence-electron chi connectivity index (χ3n) is 0. The molecule has 0 bridgehead atoms. The van der Waals surface area contributed by atoms with Crippen molar-refractivity contribution in [3.05, 3.63) is 0 Å². The Balaban J connectivity index is 0. The first kappa shape index (κ1) is 8.84. The molecular formula is CH3Cl2Si. The van der Waals surface area contributed by atoms with Gasteiger partial charge in [0.2, 0.25) is 0 Å². The van der Waals surface area contributed by atoms with Gasteiger partial charge in [-0.15, -0.1) is 11.6 Å². The van der Waals surface area contributed by atoms with E-state index in [0.29, 0.717) is 0 Å². The van der Waals surface area contributed by atoms with Gasteiger partial charge in [0.15, 0.2) is 9.55 Å². The van der Waals surface area contributed by atoms with Crippen LogP contribution in [0.3, 0.4) is 0 Å². The van der Waals surface area contributed by atoms with E-state index in [1.54, 1.807) is 0 Å². The average Bonchev–Trinajstić information content (AvgIpc) is 1.50. The first-order chi connectivity index (χ1) is 2.00. The highest BCUT2D eigenvalue weighted by Gasteiger charge is 1.02. The van der Waals surface area contributed by atoms with E-state index < -0.39 is 0 Å². The van der Waals surface area contributed by atoms with E-state index >= 15 is 0 Å². The van der Waals surface area contributed by atoms with Crippen LogP contribution in [0.1, 0.15) is 0 Å². The first-order valence-corrected chi connectivity index (χ1v) is 2.83. The smallest absolute Gasteiger partial charge is 0.174 e. The van der Waals surface area contributed by atoms with Crippen molar-refractivity contribution in [2.45, 2.75) is 0 Å². The molecule has 0 aromatic rings. The van der Waals surface area contributed by atoms with Crippen molar-refractivity contribution in [2.24, 2.45) is 0 Å². The zero-order valence-corrected chi connectivity index (χ0v) is 4.77. The summed E-state index contributed by atoms with van der Waals surface area (Å²) in [7, 11) is 2.44. The molecule has 0 amide bonds. The molecule has 0 saturated heterocycles. The molecule has 0 saturated carbocycles. The molecule has 0 aromatic carbocycles. The van der Waals surface area contributed by atoms with Crippen molar-refractivity contribution in [3.63, 3.8) is 0 Å². The van der Waals surface area contributed by atoms with Crippen molar-refractivity contribution in [3.8, 4) is 0 Å². The molecular weight excluding hydrogens is 111 g/mol. The van der Waals surface area contributed by atoms with E-state index in [2.05, 4.69) is 32.2 Å². The lowest BCUT2D eigenvalue weighted by Gasteiger charge is -1.06. The highest BCUT2D eigenvalue weighted by atomic mass is 35.6. The van der Waals surface area contributed by atoms with Crippen LogP contribution in [-0.2, 0) is 0 Å². The number of halogens is 2. The van der Waals surface area contributed by atoms with Gasteiger partial charge in [-0.2, -0.15) is 11.1 Å². The maximum atomic E-state index is 4.64. The Morgan fingerprint density at radius 3 is 1.25 bits per heavy atom. The lowest BCUT2D eigenvalue weighted by Crippen LogP contribution is -0.980. The number of hydrogen-bond acceptors (Lipinski definition) is 0. The summed E-state index contributed by atoms with van der Waals surface area (Å²) >= 11 is 9.08. The average molecular weight is 114 g/mol. The standard InChI is InChI=1S/CH3Cl.ClSi/c2*1-2/h1H3;. The lowest BCUT2D eigenvalue weighted by atomic mass is 12.0. The summed E-state index contributed by atoms with van der Waals surface area (Å²) in [4.78, 5) is 0. The van der Waals surface area contributed by atoms with E-state index in [4.69, 9.17) is 0 Å². The summed E-state index contributed by atoms with van der Waals surface area (Å²) in [5.41, 5.74) is 0. The Bertz CT molecular complexity index is 6.00. The molecule has 0 unspecified atom stereocenters. The molecule has 0 spiro atoms. The van der Waals surface area contributed by atoms with Crippen LogP contribution >= 0.6 is 22.7 Å². The second-order valence-corrected chi connectivity index (χ2v) is 0. The molecule has 0 fully saturated rings. The molecule has 0 aliphatic carbocycles. The van der Waals surface area contributed by atoms with Crippen LogP contribution in [0.4, 0.5) is 0 Å². The van der Waals surface area contributed by atoms with Crippen LogP contribution in [-0.4, -0.2) is 15.9 Å². The Labute approximate surface area is 39.2 Å². The topological polar surface area (TPSA) is 0 Å². The molecule has 0 atom stereocenters. The van der Waals surface area contributed by atoms with Crippen molar-refractivity contribution < 1.29 is 0 Å². The third kappa shape index (κ3) is 14.2. The Hall–Kier alpha value is 0.797. The molecule has 0 rings (SSSR count). The lowest BCUT2D eigenvalue weighted by molar-refractivity contribution is 2.46. The Kier molecular flexibility index (Phi) is 103. The summed E-state index contributed by atoms with van der Waals surface area (Å²) in [5, 5.41) is 0. The summed E-state index contributed by atoms with van der Waals surface area (Å²) in [6, 6.07) is 0. The fraction of sp³-hybridized carbons (Fsp3) is 1.00. The fourth-order valence-corrected chi connectivity index (χ4v) is 0. The van der Waals surface area contributed by atoms with Crippen molar-refractivity contribution in [1.29, 1.82) is 0 Å². The van der Waals surface area contributed by atoms with Crippen molar-refractivity contribution in [1.82, 2.24) is 0 Å². The zero-order chi connectivity index (χ0) is 4.00. The molecule has 0 N–H and O–H groups in total. The second kappa shape index (κ2) is 46.8. The maximum absolute atomic E-state index is 4.64. The van der Waals surface area contributed by atoms with Gasteiger partial charge in [-0.1, -0.05) is 0 Å². The fourth-order valence-electron chi connectivity index (χ4n) is 0. The van der Waals surface area contributed by atoms with Crippen LogP contribution in [0, 0.1) is 0 Å². The van der Waals surface area contributed by atoms with Gasteiger partial charge >= 0.3 is 0 Å². The van der Waals surface area contributed by atoms with Gasteiger partial charge in [0.25, 0.3) is 0 Å². The number of hydrogen-bond donors (Lipinski definition) is 0. The molecule has 25 valence electrons. The molecule has 0 aliphatic heterocycles. The molecule has 4 heavy (non-hydrogen) atoms. The van der Waals surface area contributed by atoms with Crippen LogP contribution in [0.2, 0.25) is 0 Å². The number of rotatable bonds is 0. The normalized spacial score (nSPS) is 3.00. The summed E-state index contributed by atoms with van der Waals surface area (Å²) in [5.74, 6) is 0. The summed E-state index contributed by atoms with van der Waals surface area (Å²) in [6.45, 7) is 0. The number of alkyl halides is 1. The van der Waals surface area contributed by atoms with Crippen molar-refractivity contribution in [2.75, 3.05) is 6.38 Å². The van der Waals surface area contributed by atoms with Crippen molar-refractivity contribution >= 4 is 32.2 Å². The molecule has 0 nitrogen and oxygen atoms in total. The molecule has 3 radical (unpaired) electrons. The highest BCUT2D eigenvalue weighted by molar-refractivity contribution is 6.80. The van der Waals surface area contributed by atoms with E-state index in [-0.39, 0.29) is 0 Å². The van der Waals surface area contributed by atoms with E-state index in [9.17, 15) is 0 Å². The van der Waals surface area contributed by atoms with E-state index in [0.717, 1.165) is 0 Å². The van der Waals surface area contributed by atoms with Gasteiger partial charge in [0, 0.05) is 6.38 Å². The monoisotopic (exact) mass is 113 g/mol. The SMILES string of the molecule is CCl.[Si]Cl. The summed E-state index contributed by atoms with van der Waals surface area (Å²) in [6.07, 6.45) is 1.47. The predicted molar refractivity (Wildman–Crippen MR) is 23.4 cm³/mol. The van der Waals surface area contributed by atoms with E-state index in [1.807, 2.05) is 0 Å². The van der Waals surface area contributed by atoms with E-state index in [1.165, 1.54) is 6.38 Å². The minimum absolute atomic E-state index is 1.47. The minimum Gasteiger partial charge on any atom is -0.174 e. The van der Waals surface area contributed by atoms with Gasteiger partial charge in [0.1, 0.15) is 0 Å². The second-order valence-electron chi connectivity index (χ2n) is 0. The van der Waals surface area contributed by atoms with Gasteiger partial charge in [-0.05, 0) is 0 Å². The van der Waals surface area contributed by atoms with Crippen LogP contribution < -0.4 is 0 Å². The minimum atomic E-state index is 1.47. The van der Waals surface area contributed by atoms with Gasteiger partial charge in [-0.25, -0.2) is 0 Å². The van der Waals surface area contributed by atoms with Gasteiger partial charge < -0.3 is 0 Å². The Morgan fingerprint density at radius 1 is 1.25 bits per heavy atom. The first-order valence-electron chi connectivity index (χ1n) is 0.567. The predicted octanol–water partition coefficient (Wildman–Crippen LogP) is 1.16. The summed E-state index contributed by atoms with van der Waals surface area (Å²) < 4.78 is 0. The maximum Gasteiger partial charge on any atom is 0.174 e. The highest BCUT2D eigenvalue weighted by Crippen LogP contribution is 1.34. The largest absolute Gasteiger partial charge is 0.174 e.